The Labute approximate surface area is 168 Å². The summed E-state index contributed by atoms with van der Waals surface area (Å²) in [5.41, 5.74) is 1.43. The minimum atomic E-state index is -0.472. The maximum Gasteiger partial charge on any atom is 0.278 e. The lowest BCUT2D eigenvalue weighted by atomic mass is 10.0. The van der Waals surface area contributed by atoms with Gasteiger partial charge in [0, 0.05) is 10.2 Å². The van der Waals surface area contributed by atoms with Crippen LogP contribution in [0.25, 0.3) is 5.57 Å². The number of hydrogen-bond acceptors (Lipinski definition) is 4. The lowest BCUT2D eigenvalue weighted by Crippen LogP contribution is -2.31. The molecule has 0 radical (unpaired) electrons. The molecule has 0 saturated heterocycles. The van der Waals surface area contributed by atoms with Gasteiger partial charge >= 0.3 is 0 Å². The number of imide groups is 1. The molecular weight excluding hydrogens is 427 g/mol. The standard InChI is InChI=1S/C21H14BrFN2O3/c22-14-3-1-4-16(11-14)24-19-18(13-6-8-15(23)9-7-13)20(26)25(21(19)27)12-17-5-2-10-28-17/h1-11,24H,12H2. The lowest BCUT2D eigenvalue weighted by molar-refractivity contribution is -0.137. The van der Waals surface area contributed by atoms with E-state index < -0.39 is 17.6 Å². The summed E-state index contributed by atoms with van der Waals surface area (Å²) in [4.78, 5) is 27.2. The number of furan rings is 1. The second-order valence-electron chi connectivity index (χ2n) is 6.17. The van der Waals surface area contributed by atoms with Crippen molar-refractivity contribution in [1.29, 1.82) is 0 Å². The van der Waals surface area contributed by atoms with Crippen LogP contribution in [-0.2, 0) is 16.1 Å². The summed E-state index contributed by atoms with van der Waals surface area (Å²) in [6.07, 6.45) is 1.48. The molecule has 28 heavy (non-hydrogen) atoms. The minimum Gasteiger partial charge on any atom is -0.467 e. The van der Waals surface area contributed by atoms with Gasteiger partial charge in [-0.25, -0.2) is 4.39 Å². The number of halogens is 2. The second-order valence-corrected chi connectivity index (χ2v) is 7.08. The van der Waals surface area contributed by atoms with E-state index in [1.807, 2.05) is 12.1 Å². The van der Waals surface area contributed by atoms with Crippen molar-refractivity contribution in [3.8, 4) is 0 Å². The van der Waals surface area contributed by atoms with Gasteiger partial charge in [0.15, 0.2) is 0 Å². The Morgan fingerprint density at radius 3 is 2.46 bits per heavy atom. The van der Waals surface area contributed by atoms with Gasteiger partial charge in [0.1, 0.15) is 17.3 Å². The fraction of sp³-hybridized carbons (Fsp3) is 0.0476. The third-order valence-corrected chi connectivity index (χ3v) is 4.78. The zero-order valence-corrected chi connectivity index (χ0v) is 16.1. The molecule has 140 valence electrons. The maximum absolute atomic E-state index is 13.4. The normalized spacial score (nSPS) is 14.1. The van der Waals surface area contributed by atoms with Crippen LogP contribution in [0.4, 0.5) is 10.1 Å². The van der Waals surface area contributed by atoms with Gasteiger partial charge in [-0.3, -0.25) is 14.5 Å². The smallest absolute Gasteiger partial charge is 0.278 e. The van der Waals surface area contributed by atoms with E-state index in [4.69, 9.17) is 4.42 Å². The molecule has 0 bridgehead atoms. The number of nitrogens with zero attached hydrogens (tertiary/aromatic N) is 1. The fourth-order valence-electron chi connectivity index (χ4n) is 2.99. The summed E-state index contributed by atoms with van der Waals surface area (Å²) in [6.45, 7) is 0.0129. The highest BCUT2D eigenvalue weighted by Crippen LogP contribution is 2.32. The Kier molecular flexibility index (Phi) is 4.83. The molecule has 0 fully saturated rings. The molecule has 0 atom stereocenters. The van der Waals surface area contributed by atoms with E-state index in [0.717, 1.165) is 9.37 Å². The van der Waals surface area contributed by atoms with Crippen molar-refractivity contribution in [3.05, 3.63) is 94.2 Å². The van der Waals surface area contributed by atoms with E-state index in [2.05, 4.69) is 21.2 Å². The Hall–Kier alpha value is -3.19. The highest BCUT2D eigenvalue weighted by molar-refractivity contribution is 9.10. The first-order valence-corrected chi connectivity index (χ1v) is 9.23. The average molecular weight is 441 g/mol. The number of anilines is 1. The van der Waals surface area contributed by atoms with E-state index in [9.17, 15) is 14.0 Å². The van der Waals surface area contributed by atoms with Crippen molar-refractivity contribution in [2.75, 3.05) is 5.32 Å². The number of rotatable bonds is 5. The Morgan fingerprint density at radius 2 is 1.79 bits per heavy atom. The molecule has 2 heterocycles. The Morgan fingerprint density at radius 1 is 1.00 bits per heavy atom. The zero-order valence-electron chi connectivity index (χ0n) is 14.5. The number of carbonyl (C=O) groups excluding carboxylic acids is 2. The Balaban J connectivity index is 1.76. The number of hydrogen-bond donors (Lipinski definition) is 1. The summed E-state index contributed by atoms with van der Waals surface area (Å²) < 4.78 is 19.5. The first-order valence-electron chi connectivity index (χ1n) is 8.44. The molecule has 1 N–H and O–H groups in total. The predicted molar refractivity (Wildman–Crippen MR) is 105 cm³/mol. The van der Waals surface area contributed by atoms with Crippen LogP contribution < -0.4 is 5.32 Å². The zero-order chi connectivity index (χ0) is 19.7. The molecule has 5 nitrogen and oxygen atoms in total. The van der Waals surface area contributed by atoms with Gasteiger partial charge in [-0.05, 0) is 48.0 Å². The maximum atomic E-state index is 13.4. The summed E-state index contributed by atoms with van der Waals surface area (Å²) in [7, 11) is 0. The van der Waals surface area contributed by atoms with Crippen LogP contribution in [0.5, 0.6) is 0 Å². The molecule has 7 heteroatoms. The third kappa shape index (κ3) is 3.48. The molecule has 3 aromatic rings. The predicted octanol–water partition coefficient (Wildman–Crippen LogP) is 4.57. The molecule has 0 saturated carbocycles. The van der Waals surface area contributed by atoms with Crippen LogP contribution in [0.1, 0.15) is 11.3 Å². The van der Waals surface area contributed by atoms with Crippen molar-refractivity contribution in [2.45, 2.75) is 6.54 Å². The van der Waals surface area contributed by atoms with Crippen LogP contribution in [0, 0.1) is 5.82 Å². The van der Waals surface area contributed by atoms with Crippen LogP contribution in [0.3, 0.4) is 0 Å². The number of carbonyl (C=O) groups is 2. The largest absolute Gasteiger partial charge is 0.467 e. The fourth-order valence-corrected chi connectivity index (χ4v) is 3.39. The van der Waals surface area contributed by atoms with Crippen LogP contribution in [0.15, 0.2) is 81.5 Å². The van der Waals surface area contributed by atoms with Crippen LogP contribution in [-0.4, -0.2) is 16.7 Å². The highest BCUT2D eigenvalue weighted by atomic mass is 79.9. The van der Waals surface area contributed by atoms with Gasteiger partial charge in [-0.1, -0.05) is 34.1 Å². The quantitative estimate of drug-likeness (QED) is 0.590. The van der Waals surface area contributed by atoms with E-state index in [-0.39, 0.29) is 17.8 Å². The first-order chi connectivity index (χ1) is 13.5. The molecular formula is C21H14BrFN2O3. The monoisotopic (exact) mass is 440 g/mol. The summed E-state index contributed by atoms with van der Waals surface area (Å²) in [5, 5.41) is 3.05. The number of nitrogens with one attached hydrogen (secondary N) is 1. The lowest BCUT2D eigenvalue weighted by Gasteiger charge is -2.13. The molecule has 1 aliphatic rings. The van der Waals surface area contributed by atoms with Crippen LogP contribution >= 0.6 is 15.9 Å². The van der Waals surface area contributed by atoms with E-state index in [0.29, 0.717) is 17.0 Å². The van der Waals surface area contributed by atoms with Gasteiger partial charge in [0.25, 0.3) is 11.8 Å². The molecule has 0 spiro atoms. The highest BCUT2D eigenvalue weighted by Gasteiger charge is 2.39. The van der Waals surface area contributed by atoms with Crippen molar-refractivity contribution in [3.63, 3.8) is 0 Å². The molecule has 1 aliphatic heterocycles. The van der Waals surface area contributed by atoms with Crippen molar-refractivity contribution in [2.24, 2.45) is 0 Å². The van der Waals surface area contributed by atoms with E-state index in [1.54, 1.807) is 24.3 Å². The van der Waals surface area contributed by atoms with Gasteiger partial charge < -0.3 is 9.73 Å². The average Bonchev–Trinajstić information content (AvgIpc) is 3.26. The van der Waals surface area contributed by atoms with Crippen molar-refractivity contribution >= 4 is 39.0 Å². The molecule has 0 unspecified atom stereocenters. The molecule has 2 aromatic carbocycles. The topological polar surface area (TPSA) is 62.6 Å². The summed E-state index contributed by atoms with van der Waals surface area (Å²) >= 11 is 3.39. The van der Waals surface area contributed by atoms with Gasteiger partial charge in [-0.2, -0.15) is 0 Å². The van der Waals surface area contributed by atoms with Crippen molar-refractivity contribution < 1.29 is 18.4 Å². The number of benzene rings is 2. The Bertz CT molecular complexity index is 1080. The van der Waals surface area contributed by atoms with E-state index in [1.165, 1.54) is 30.5 Å². The van der Waals surface area contributed by atoms with Crippen LogP contribution in [0.2, 0.25) is 0 Å². The van der Waals surface area contributed by atoms with Gasteiger partial charge in [-0.15, -0.1) is 0 Å². The minimum absolute atomic E-state index is 0.0129. The van der Waals surface area contributed by atoms with Gasteiger partial charge in [0.05, 0.1) is 18.4 Å². The molecule has 4 rings (SSSR count). The third-order valence-electron chi connectivity index (χ3n) is 4.29. The summed E-state index contributed by atoms with van der Waals surface area (Å²) in [5.74, 6) is -0.870. The van der Waals surface area contributed by atoms with Crippen molar-refractivity contribution in [1.82, 2.24) is 4.90 Å². The van der Waals surface area contributed by atoms with E-state index >= 15 is 0 Å². The second kappa shape index (κ2) is 7.44. The summed E-state index contributed by atoms with van der Waals surface area (Å²) in [6, 6.07) is 16.1. The SMILES string of the molecule is O=C1C(Nc2cccc(Br)c2)=C(c2ccc(F)cc2)C(=O)N1Cc1ccco1. The molecule has 0 aliphatic carbocycles. The number of amides is 2. The van der Waals surface area contributed by atoms with Gasteiger partial charge in [0.2, 0.25) is 0 Å². The first kappa shape index (κ1) is 18.2. The molecule has 1 aromatic heterocycles. The molecule has 2 amide bonds.